The number of halogens is 3. The molecule has 1 aromatic carbocycles. The van der Waals surface area contributed by atoms with Crippen molar-refractivity contribution in [1.29, 1.82) is 0 Å². The smallest absolute Gasteiger partial charge is 0.360 e. The molecule has 180 valence electrons. The lowest BCUT2D eigenvalue weighted by Crippen LogP contribution is -2.22. The summed E-state index contributed by atoms with van der Waals surface area (Å²) in [5.41, 5.74) is 2.59. The zero-order valence-corrected chi connectivity index (χ0v) is 20.6. The van der Waals surface area contributed by atoms with Crippen LogP contribution in [0.2, 0.25) is 25.7 Å². The highest BCUT2D eigenvalue weighted by Crippen LogP contribution is 2.41. The van der Waals surface area contributed by atoms with Crippen LogP contribution in [0.5, 0.6) is 0 Å². The summed E-state index contributed by atoms with van der Waals surface area (Å²) in [5.74, 6) is -0.709. The van der Waals surface area contributed by atoms with E-state index >= 15 is 0 Å². The minimum absolute atomic E-state index is 0.234. The molecule has 3 heterocycles. The fraction of sp³-hybridized carbons (Fsp3) is 0.458. The van der Waals surface area contributed by atoms with Gasteiger partial charge in [-0.2, -0.15) is 18.3 Å². The van der Waals surface area contributed by atoms with Gasteiger partial charge in [0.1, 0.15) is 12.2 Å². The first-order valence-electron chi connectivity index (χ1n) is 11.6. The quantitative estimate of drug-likeness (QED) is 0.225. The number of nitrogens with zero attached hydrogens (tertiary/aromatic N) is 5. The number of benzene rings is 1. The highest BCUT2D eigenvalue weighted by Gasteiger charge is 2.39. The molecule has 0 atom stereocenters. The van der Waals surface area contributed by atoms with Gasteiger partial charge in [-0.05, 0) is 54.6 Å². The second-order valence-electron chi connectivity index (χ2n) is 10.2. The summed E-state index contributed by atoms with van der Waals surface area (Å²) < 4.78 is 50.8. The van der Waals surface area contributed by atoms with Crippen molar-refractivity contribution in [2.75, 3.05) is 6.61 Å². The van der Waals surface area contributed by atoms with Crippen LogP contribution in [-0.2, 0) is 17.6 Å². The van der Waals surface area contributed by atoms with E-state index in [1.807, 2.05) is 0 Å². The third-order valence-electron chi connectivity index (χ3n) is 6.47. The zero-order chi connectivity index (χ0) is 24.1. The van der Waals surface area contributed by atoms with Crippen molar-refractivity contribution >= 4 is 30.1 Å². The molecule has 0 aliphatic heterocycles. The molecule has 1 aliphatic carbocycles. The number of hydrogen-bond donors (Lipinski definition) is 0. The Balaban J connectivity index is 1.52. The second kappa shape index (κ2) is 8.49. The number of pyridine rings is 1. The Hall–Kier alpha value is -2.72. The van der Waals surface area contributed by atoms with Gasteiger partial charge in [-0.3, -0.25) is 4.57 Å². The standard InChI is InChI=1S/C24H28F3N5OSi/c1-34(2,3)12-11-33-15-31-20-8-7-18(13-17(20)14-29-31)32-22-21(30-23(32)24(25,26)27)19(9-10-28-22)16-5-4-6-16/h7-10,13-14,16H,4-6,11-12,15H2,1-3H3. The van der Waals surface area contributed by atoms with Crippen molar-refractivity contribution in [1.82, 2.24) is 24.3 Å². The molecule has 4 aromatic rings. The number of alkyl halides is 3. The average Bonchev–Trinajstić information content (AvgIpc) is 3.31. The predicted octanol–water partition coefficient (Wildman–Crippen LogP) is 6.37. The number of hydrogen-bond acceptors (Lipinski definition) is 4. The van der Waals surface area contributed by atoms with Crippen molar-refractivity contribution in [2.24, 2.45) is 0 Å². The first-order chi connectivity index (χ1) is 16.1. The van der Waals surface area contributed by atoms with Crippen molar-refractivity contribution in [3.8, 4) is 5.69 Å². The van der Waals surface area contributed by atoms with Crippen LogP contribution in [0.1, 0.15) is 36.6 Å². The molecule has 0 N–H and O–H groups in total. The summed E-state index contributed by atoms with van der Waals surface area (Å²) >= 11 is 0. The lowest BCUT2D eigenvalue weighted by molar-refractivity contribution is -0.145. The summed E-state index contributed by atoms with van der Waals surface area (Å²) in [7, 11) is -1.19. The van der Waals surface area contributed by atoms with Crippen molar-refractivity contribution in [3.63, 3.8) is 0 Å². The Labute approximate surface area is 196 Å². The van der Waals surface area contributed by atoms with Crippen molar-refractivity contribution < 1.29 is 17.9 Å². The number of aromatic nitrogens is 5. The molecule has 6 nitrogen and oxygen atoms in total. The van der Waals surface area contributed by atoms with Crippen molar-refractivity contribution in [3.05, 3.63) is 48.0 Å². The Morgan fingerprint density at radius 2 is 1.94 bits per heavy atom. The molecule has 1 saturated carbocycles. The summed E-state index contributed by atoms with van der Waals surface area (Å²) in [5, 5.41) is 5.11. The first kappa shape index (κ1) is 23.0. The molecule has 1 fully saturated rings. The van der Waals surface area contributed by atoms with Crippen molar-refractivity contribution in [2.45, 2.75) is 63.8 Å². The SMILES string of the molecule is C[Si](C)(C)CCOCn1ncc2cc(-n3c(C(F)(F)F)nc4c(C5CCC5)ccnc43)ccc21. The van der Waals surface area contributed by atoms with Crippen LogP contribution in [0.15, 0.2) is 36.7 Å². The van der Waals surface area contributed by atoms with E-state index in [-0.39, 0.29) is 11.6 Å². The Bertz CT molecular complexity index is 1330. The average molecular weight is 488 g/mol. The minimum Gasteiger partial charge on any atom is -0.360 e. The summed E-state index contributed by atoms with van der Waals surface area (Å²) in [6.07, 6.45) is 1.66. The third kappa shape index (κ3) is 4.36. The Kier molecular flexibility index (Phi) is 5.76. The van der Waals surface area contributed by atoms with E-state index in [4.69, 9.17) is 4.74 Å². The molecule has 1 aliphatic rings. The molecule has 34 heavy (non-hydrogen) atoms. The van der Waals surface area contributed by atoms with E-state index < -0.39 is 20.1 Å². The molecule has 0 saturated heterocycles. The summed E-state index contributed by atoms with van der Waals surface area (Å²) in [6.45, 7) is 7.85. The topological polar surface area (TPSA) is 57.8 Å². The van der Waals surface area contributed by atoms with Crippen LogP contribution in [-0.4, -0.2) is 39.0 Å². The van der Waals surface area contributed by atoms with Gasteiger partial charge in [0.05, 0.1) is 11.7 Å². The van der Waals surface area contributed by atoms with Gasteiger partial charge < -0.3 is 4.74 Å². The molecular weight excluding hydrogens is 459 g/mol. The zero-order valence-electron chi connectivity index (χ0n) is 19.6. The molecular formula is C24H28F3N5OSi. The Morgan fingerprint density at radius 1 is 1.15 bits per heavy atom. The van der Waals surface area contributed by atoms with Gasteiger partial charge in [0.15, 0.2) is 5.65 Å². The lowest BCUT2D eigenvalue weighted by Gasteiger charge is -2.25. The summed E-state index contributed by atoms with van der Waals surface area (Å²) in [6, 6.07) is 8.01. The lowest BCUT2D eigenvalue weighted by atomic mass is 9.80. The van der Waals surface area contributed by atoms with Crippen LogP contribution in [0.4, 0.5) is 13.2 Å². The van der Waals surface area contributed by atoms with Gasteiger partial charge in [-0.1, -0.05) is 26.1 Å². The molecule has 0 amide bonds. The van der Waals surface area contributed by atoms with Crippen LogP contribution in [0, 0.1) is 0 Å². The monoisotopic (exact) mass is 487 g/mol. The van der Waals surface area contributed by atoms with E-state index in [1.54, 1.807) is 41.3 Å². The minimum atomic E-state index is -4.61. The number of ether oxygens (including phenoxy) is 1. The maximum absolute atomic E-state index is 14.0. The van der Waals surface area contributed by atoms with E-state index in [0.29, 0.717) is 24.5 Å². The number of imidazole rings is 1. The Morgan fingerprint density at radius 3 is 2.62 bits per heavy atom. The molecule has 10 heteroatoms. The molecule has 0 unspecified atom stereocenters. The van der Waals surface area contributed by atoms with Crippen LogP contribution in [0.25, 0.3) is 27.8 Å². The highest BCUT2D eigenvalue weighted by atomic mass is 28.3. The van der Waals surface area contributed by atoms with E-state index in [2.05, 4.69) is 34.7 Å². The maximum atomic E-state index is 14.0. The van der Waals surface area contributed by atoms with Gasteiger partial charge in [-0.25, -0.2) is 14.6 Å². The highest BCUT2D eigenvalue weighted by molar-refractivity contribution is 6.76. The van der Waals surface area contributed by atoms with Crippen LogP contribution >= 0.6 is 0 Å². The fourth-order valence-electron chi connectivity index (χ4n) is 4.32. The van der Waals surface area contributed by atoms with Gasteiger partial charge in [-0.15, -0.1) is 0 Å². The normalized spacial score (nSPS) is 15.4. The molecule has 0 radical (unpaired) electrons. The first-order valence-corrected chi connectivity index (χ1v) is 15.3. The van der Waals surface area contributed by atoms with Gasteiger partial charge in [0.2, 0.25) is 5.82 Å². The van der Waals surface area contributed by atoms with Gasteiger partial charge in [0.25, 0.3) is 0 Å². The maximum Gasteiger partial charge on any atom is 0.450 e. The molecule has 0 spiro atoms. The van der Waals surface area contributed by atoms with E-state index in [9.17, 15) is 13.2 Å². The van der Waals surface area contributed by atoms with Gasteiger partial charge >= 0.3 is 6.18 Å². The van der Waals surface area contributed by atoms with Crippen LogP contribution in [0.3, 0.4) is 0 Å². The van der Waals surface area contributed by atoms with E-state index in [0.717, 1.165) is 46.3 Å². The summed E-state index contributed by atoms with van der Waals surface area (Å²) in [4.78, 5) is 8.37. The predicted molar refractivity (Wildman–Crippen MR) is 128 cm³/mol. The third-order valence-corrected chi connectivity index (χ3v) is 8.17. The second-order valence-corrected chi connectivity index (χ2v) is 15.8. The number of fused-ring (bicyclic) bond motifs is 2. The molecule has 3 aromatic heterocycles. The molecule has 5 rings (SSSR count). The number of rotatable bonds is 7. The molecule has 0 bridgehead atoms. The van der Waals surface area contributed by atoms with Crippen LogP contribution < -0.4 is 0 Å². The largest absolute Gasteiger partial charge is 0.450 e. The van der Waals surface area contributed by atoms with E-state index in [1.165, 1.54) is 0 Å². The van der Waals surface area contributed by atoms with Gasteiger partial charge in [0, 0.05) is 32.0 Å². The fourth-order valence-corrected chi connectivity index (χ4v) is 5.08.